The molecule has 0 bridgehead atoms. The largest absolute Gasteiger partial charge is 0.487 e. The first-order valence-corrected chi connectivity index (χ1v) is 10.9. The average Bonchev–Trinajstić information content (AvgIpc) is 3.38. The number of nitrogens with one attached hydrogen (secondary N) is 1. The lowest BCUT2D eigenvalue weighted by molar-refractivity contribution is 0.0124. The molecule has 0 aliphatic heterocycles. The number of carbonyl (C=O) groups is 1. The van der Waals surface area contributed by atoms with Crippen LogP contribution in [0.25, 0.3) is 0 Å². The number of benzene rings is 2. The van der Waals surface area contributed by atoms with Crippen molar-refractivity contribution in [2.24, 2.45) is 0 Å². The van der Waals surface area contributed by atoms with Gasteiger partial charge in [0.2, 0.25) is 0 Å². The van der Waals surface area contributed by atoms with Crippen molar-refractivity contribution in [3.63, 3.8) is 0 Å². The monoisotopic (exact) mass is 441 g/mol. The van der Waals surface area contributed by atoms with Crippen LogP contribution in [0.5, 0.6) is 5.75 Å². The Morgan fingerprint density at radius 2 is 2.10 bits per heavy atom. The molecule has 1 aliphatic rings. The van der Waals surface area contributed by atoms with Gasteiger partial charge in [0, 0.05) is 19.0 Å². The fourth-order valence-electron chi connectivity index (χ4n) is 4.08. The Morgan fingerprint density at radius 3 is 2.81 bits per heavy atom. The summed E-state index contributed by atoms with van der Waals surface area (Å²) in [7, 11) is 1.91. The third-order valence-corrected chi connectivity index (χ3v) is 6.24. The molecule has 31 heavy (non-hydrogen) atoms. The van der Waals surface area contributed by atoms with Gasteiger partial charge in [0.05, 0.1) is 23.8 Å². The van der Waals surface area contributed by atoms with Gasteiger partial charge in [-0.25, -0.2) is 4.39 Å². The van der Waals surface area contributed by atoms with E-state index in [9.17, 15) is 14.3 Å². The molecular formula is C23H24FN3O3S. The Kier molecular flexibility index (Phi) is 6.60. The number of halogens is 1. The number of rotatable bonds is 7. The van der Waals surface area contributed by atoms with Gasteiger partial charge in [-0.15, -0.1) is 11.3 Å². The number of carbonyl (C=O) groups excluding carboxylic acids is 1. The van der Waals surface area contributed by atoms with Crippen molar-refractivity contribution < 1.29 is 19.0 Å². The van der Waals surface area contributed by atoms with E-state index in [1.54, 1.807) is 17.6 Å². The van der Waals surface area contributed by atoms with Crippen LogP contribution in [0.15, 0.2) is 66.3 Å². The first-order chi connectivity index (χ1) is 15.0. The quantitative estimate of drug-likeness (QED) is 0.589. The third-order valence-electron chi connectivity index (χ3n) is 5.47. The molecule has 162 valence electrons. The standard InChI is InChI=1S/C23H24FN3O3S/c1-27(13-15-6-3-2-4-7-15)21-18(26-23(29)20-12-25-14-31-20)11-19(22(21)28)30-17-9-5-8-16(24)10-17/h2-10,12,14,18-19,21-22,28H,11,13H2,1H3,(H,26,29)/t18-,19-,21+,22+/m1/s1. The molecule has 1 fully saturated rings. The molecule has 4 rings (SSSR count). The molecule has 2 N–H and O–H groups in total. The molecule has 2 aromatic carbocycles. The number of aromatic nitrogens is 1. The second-order valence-electron chi connectivity index (χ2n) is 7.68. The van der Waals surface area contributed by atoms with Gasteiger partial charge in [0.25, 0.3) is 5.91 Å². The maximum absolute atomic E-state index is 13.6. The number of ether oxygens (including phenoxy) is 1. The molecule has 0 saturated heterocycles. The SMILES string of the molecule is CN(Cc1ccccc1)[C@@H]1[C@@H](O)[C@H](Oc2cccc(F)c2)C[C@H]1NC(=O)c1cncs1. The fraction of sp³-hybridized carbons (Fsp3) is 0.304. The number of nitrogens with zero attached hydrogens (tertiary/aromatic N) is 2. The van der Waals surface area contributed by atoms with E-state index in [2.05, 4.69) is 10.3 Å². The van der Waals surface area contributed by atoms with Crippen molar-refractivity contribution in [1.82, 2.24) is 15.2 Å². The van der Waals surface area contributed by atoms with Gasteiger partial charge in [0.15, 0.2) is 0 Å². The summed E-state index contributed by atoms with van der Waals surface area (Å²) in [4.78, 5) is 19.2. The molecule has 0 spiro atoms. The summed E-state index contributed by atoms with van der Waals surface area (Å²) in [5.74, 6) is -0.287. The van der Waals surface area contributed by atoms with Gasteiger partial charge in [0.1, 0.15) is 28.7 Å². The lowest BCUT2D eigenvalue weighted by Gasteiger charge is -2.32. The molecule has 4 atom stereocenters. The summed E-state index contributed by atoms with van der Waals surface area (Å²) >= 11 is 1.26. The Hall–Kier alpha value is -2.81. The van der Waals surface area contributed by atoms with E-state index >= 15 is 0 Å². The predicted molar refractivity (Wildman–Crippen MR) is 117 cm³/mol. The molecule has 8 heteroatoms. The topological polar surface area (TPSA) is 74.7 Å². The van der Waals surface area contributed by atoms with E-state index < -0.39 is 18.0 Å². The van der Waals surface area contributed by atoms with Crippen LogP contribution in [0.3, 0.4) is 0 Å². The normalized spacial score (nSPS) is 23.1. The number of aliphatic hydroxyl groups excluding tert-OH is 1. The van der Waals surface area contributed by atoms with Gasteiger partial charge >= 0.3 is 0 Å². The summed E-state index contributed by atoms with van der Waals surface area (Å²) < 4.78 is 19.5. The van der Waals surface area contributed by atoms with Crippen molar-refractivity contribution in [3.05, 3.63) is 82.6 Å². The molecular weight excluding hydrogens is 417 g/mol. The molecule has 1 amide bonds. The number of likely N-dealkylation sites (N-methyl/N-ethyl adjacent to an activating group) is 1. The minimum absolute atomic E-state index is 0.232. The van der Waals surface area contributed by atoms with Crippen LogP contribution in [-0.2, 0) is 6.54 Å². The third kappa shape index (κ3) is 5.10. The first-order valence-electron chi connectivity index (χ1n) is 10.0. The minimum Gasteiger partial charge on any atom is -0.487 e. The molecule has 6 nitrogen and oxygen atoms in total. The second-order valence-corrected chi connectivity index (χ2v) is 8.56. The Morgan fingerprint density at radius 1 is 1.29 bits per heavy atom. The van der Waals surface area contributed by atoms with Crippen molar-refractivity contribution >= 4 is 17.2 Å². The molecule has 0 radical (unpaired) electrons. The zero-order valence-corrected chi connectivity index (χ0v) is 17.8. The highest BCUT2D eigenvalue weighted by molar-refractivity contribution is 7.11. The summed E-state index contributed by atoms with van der Waals surface area (Å²) in [5.41, 5.74) is 2.70. The summed E-state index contributed by atoms with van der Waals surface area (Å²) in [5, 5.41) is 14.2. The van der Waals surface area contributed by atoms with Gasteiger partial charge in [-0.3, -0.25) is 14.7 Å². The Labute approximate surface area is 184 Å². The number of hydrogen-bond donors (Lipinski definition) is 2. The van der Waals surface area contributed by atoms with Gasteiger partial charge in [-0.1, -0.05) is 36.4 Å². The van der Waals surface area contributed by atoms with Crippen LogP contribution in [0.1, 0.15) is 21.7 Å². The van der Waals surface area contributed by atoms with Crippen molar-refractivity contribution in [1.29, 1.82) is 0 Å². The van der Waals surface area contributed by atoms with Gasteiger partial charge in [-0.2, -0.15) is 0 Å². The Bertz CT molecular complexity index is 1000. The molecule has 3 aromatic rings. The van der Waals surface area contributed by atoms with E-state index in [1.807, 2.05) is 42.3 Å². The van der Waals surface area contributed by atoms with E-state index in [4.69, 9.17) is 4.74 Å². The van der Waals surface area contributed by atoms with E-state index in [0.29, 0.717) is 23.6 Å². The number of hydrogen-bond acceptors (Lipinski definition) is 6. The number of thiazole rings is 1. The van der Waals surface area contributed by atoms with Crippen molar-refractivity contribution in [2.45, 2.75) is 37.3 Å². The van der Waals surface area contributed by atoms with Crippen LogP contribution in [0, 0.1) is 5.82 Å². The van der Waals surface area contributed by atoms with Crippen molar-refractivity contribution in [3.8, 4) is 5.75 Å². The summed E-state index contributed by atoms with van der Waals surface area (Å²) in [6.07, 6.45) is 0.460. The van der Waals surface area contributed by atoms with Crippen molar-refractivity contribution in [2.75, 3.05) is 7.05 Å². The molecule has 0 unspecified atom stereocenters. The van der Waals surface area contributed by atoms with Crippen LogP contribution in [-0.4, -0.2) is 52.2 Å². The van der Waals surface area contributed by atoms with E-state index in [-0.39, 0.29) is 18.0 Å². The smallest absolute Gasteiger partial charge is 0.263 e. The number of aliphatic hydroxyl groups is 1. The van der Waals surface area contributed by atoms with Gasteiger partial charge in [-0.05, 0) is 24.7 Å². The zero-order chi connectivity index (χ0) is 21.8. The Balaban J connectivity index is 1.54. The van der Waals surface area contributed by atoms with Crippen LogP contribution in [0.4, 0.5) is 4.39 Å². The fourth-order valence-corrected chi connectivity index (χ4v) is 4.60. The maximum Gasteiger partial charge on any atom is 0.263 e. The van der Waals surface area contributed by atoms with Crippen LogP contribution >= 0.6 is 11.3 Å². The average molecular weight is 442 g/mol. The summed E-state index contributed by atoms with van der Waals surface area (Å²) in [6, 6.07) is 15.0. The minimum atomic E-state index is -0.872. The number of amides is 1. The molecule has 1 aromatic heterocycles. The molecule has 1 saturated carbocycles. The van der Waals surface area contributed by atoms with E-state index in [0.717, 1.165) is 5.56 Å². The van der Waals surface area contributed by atoms with Crippen LogP contribution in [0.2, 0.25) is 0 Å². The lowest BCUT2D eigenvalue weighted by Crippen LogP contribution is -2.51. The lowest BCUT2D eigenvalue weighted by atomic mass is 10.1. The second kappa shape index (κ2) is 9.55. The highest BCUT2D eigenvalue weighted by Crippen LogP contribution is 2.30. The highest BCUT2D eigenvalue weighted by Gasteiger charge is 2.46. The van der Waals surface area contributed by atoms with Gasteiger partial charge < -0.3 is 15.2 Å². The summed E-state index contributed by atoms with van der Waals surface area (Å²) in [6.45, 7) is 0.599. The molecule has 1 aliphatic carbocycles. The predicted octanol–water partition coefficient (Wildman–Crippen LogP) is 3.09. The maximum atomic E-state index is 13.6. The van der Waals surface area contributed by atoms with Crippen LogP contribution < -0.4 is 10.1 Å². The van der Waals surface area contributed by atoms with E-state index in [1.165, 1.54) is 29.7 Å². The highest BCUT2D eigenvalue weighted by atomic mass is 32.1. The molecule has 1 heterocycles. The first kappa shape index (κ1) is 21.4. The zero-order valence-electron chi connectivity index (χ0n) is 17.0.